The van der Waals surface area contributed by atoms with E-state index in [1.807, 2.05) is 30.3 Å². The van der Waals surface area contributed by atoms with E-state index in [0.29, 0.717) is 19.8 Å². The van der Waals surface area contributed by atoms with E-state index in [2.05, 4.69) is 21.7 Å². The zero-order valence-corrected chi connectivity index (χ0v) is 15.1. The molecule has 132 valence electrons. The van der Waals surface area contributed by atoms with Crippen LogP contribution in [0.3, 0.4) is 0 Å². The van der Waals surface area contributed by atoms with Crippen molar-refractivity contribution in [3.05, 3.63) is 58.3 Å². The molecule has 0 radical (unpaired) electrons. The lowest BCUT2D eigenvalue weighted by Gasteiger charge is -2.24. The Kier molecular flexibility index (Phi) is 9.02. The van der Waals surface area contributed by atoms with Crippen LogP contribution in [-0.2, 0) is 22.6 Å². The molecule has 0 aliphatic carbocycles. The minimum Gasteiger partial charge on any atom is -0.389 e. The topological polar surface area (TPSA) is 41.9 Å². The highest BCUT2D eigenvalue weighted by molar-refractivity contribution is 7.07. The number of nitrogens with zero attached hydrogens (tertiary/aromatic N) is 1. The van der Waals surface area contributed by atoms with Crippen molar-refractivity contribution in [3.63, 3.8) is 0 Å². The van der Waals surface area contributed by atoms with Gasteiger partial charge in [-0.05, 0) is 34.4 Å². The Hall–Kier alpha value is -1.24. The second kappa shape index (κ2) is 11.3. The summed E-state index contributed by atoms with van der Waals surface area (Å²) in [5.74, 6) is 0. The maximum absolute atomic E-state index is 10.3. The fourth-order valence-corrected chi connectivity index (χ4v) is 3.21. The summed E-state index contributed by atoms with van der Waals surface area (Å²) in [6, 6.07) is 12.2. The highest BCUT2D eigenvalue weighted by Gasteiger charge is 2.13. The highest BCUT2D eigenvalue weighted by Crippen LogP contribution is 2.11. The summed E-state index contributed by atoms with van der Waals surface area (Å²) in [4.78, 5) is 2.26. The molecule has 1 aromatic carbocycles. The monoisotopic (exact) mass is 349 g/mol. The van der Waals surface area contributed by atoms with Gasteiger partial charge in [0.2, 0.25) is 0 Å². The number of rotatable bonds is 12. The Morgan fingerprint density at radius 1 is 1.17 bits per heavy atom. The maximum atomic E-state index is 10.3. The summed E-state index contributed by atoms with van der Waals surface area (Å²) < 4.78 is 10.8. The van der Waals surface area contributed by atoms with E-state index in [9.17, 15) is 5.11 Å². The van der Waals surface area contributed by atoms with Crippen molar-refractivity contribution in [1.29, 1.82) is 0 Å². The average Bonchev–Trinajstić information content (AvgIpc) is 3.09. The lowest BCUT2D eigenvalue weighted by molar-refractivity contribution is 0.00740. The SMILES string of the molecule is COCCCN(Cc1ccsc1)C[C@@H](O)COCc1ccccc1. The fourth-order valence-electron chi connectivity index (χ4n) is 2.55. The highest BCUT2D eigenvalue weighted by atomic mass is 32.1. The lowest BCUT2D eigenvalue weighted by Crippen LogP contribution is -2.35. The first kappa shape index (κ1) is 19.1. The van der Waals surface area contributed by atoms with Crippen LogP contribution in [0.5, 0.6) is 0 Å². The average molecular weight is 349 g/mol. The molecule has 0 unspecified atom stereocenters. The minimum absolute atomic E-state index is 0.347. The van der Waals surface area contributed by atoms with Crippen molar-refractivity contribution in [2.75, 3.05) is 33.4 Å². The number of ether oxygens (including phenoxy) is 2. The molecule has 0 saturated carbocycles. The molecule has 0 aliphatic heterocycles. The second-order valence-corrected chi connectivity index (χ2v) is 6.65. The quantitative estimate of drug-likeness (QED) is 0.598. The van der Waals surface area contributed by atoms with Gasteiger partial charge in [0.1, 0.15) is 0 Å². The minimum atomic E-state index is -0.491. The van der Waals surface area contributed by atoms with Gasteiger partial charge in [0, 0.05) is 33.4 Å². The summed E-state index contributed by atoms with van der Waals surface area (Å²) in [6.07, 6.45) is 0.466. The van der Waals surface area contributed by atoms with E-state index in [1.54, 1.807) is 18.4 Å². The molecular formula is C19H27NO3S. The fraction of sp³-hybridized carbons (Fsp3) is 0.474. The molecule has 4 nitrogen and oxygen atoms in total. The molecule has 2 rings (SSSR count). The van der Waals surface area contributed by atoms with E-state index >= 15 is 0 Å². The van der Waals surface area contributed by atoms with Crippen LogP contribution in [0, 0.1) is 0 Å². The maximum Gasteiger partial charge on any atom is 0.0900 e. The van der Waals surface area contributed by atoms with Crippen molar-refractivity contribution in [1.82, 2.24) is 4.90 Å². The third-order valence-corrected chi connectivity index (χ3v) is 4.43. The van der Waals surface area contributed by atoms with Crippen LogP contribution in [0.1, 0.15) is 17.5 Å². The molecule has 0 spiro atoms. The van der Waals surface area contributed by atoms with Crippen LogP contribution in [-0.4, -0.2) is 49.5 Å². The molecule has 1 aromatic heterocycles. The summed E-state index contributed by atoms with van der Waals surface area (Å²) >= 11 is 1.70. The normalized spacial score (nSPS) is 12.6. The lowest BCUT2D eigenvalue weighted by atomic mass is 10.2. The number of thiophene rings is 1. The first-order valence-corrected chi connectivity index (χ1v) is 9.24. The third-order valence-electron chi connectivity index (χ3n) is 3.70. The van der Waals surface area contributed by atoms with Gasteiger partial charge in [0.25, 0.3) is 0 Å². The van der Waals surface area contributed by atoms with Crippen LogP contribution >= 0.6 is 11.3 Å². The summed E-state index contributed by atoms with van der Waals surface area (Å²) in [5.41, 5.74) is 2.41. The predicted octanol–water partition coefficient (Wildman–Crippen LogP) is 3.16. The van der Waals surface area contributed by atoms with Gasteiger partial charge in [-0.25, -0.2) is 0 Å². The van der Waals surface area contributed by atoms with Gasteiger partial charge in [-0.2, -0.15) is 11.3 Å². The van der Waals surface area contributed by atoms with E-state index in [1.165, 1.54) is 5.56 Å². The van der Waals surface area contributed by atoms with E-state index in [0.717, 1.165) is 31.7 Å². The van der Waals surface area contributed by atoms with Gasteiger partial charge in [0.15, 0.2) is 0 Å². The van der Waals surface area contributed by atoms with Gasteiger partial charge in [-0.1, -0.05) is 30.3 Å². The smallest absolute Gasteiger partial charge is 0.0900 e. The van der Waals surface area contributed by atoms with Crippen molar-refractivity contribution >= 4 is 11.3 Å². The number of benzene rings is 1. The van der Waals surface area contributed by atoms with Gasteiger partial charge < -0.3 is 14.6 Å². The predicted molar refractivity (Wildman–Crippen MR) is 98.2 cm³/mol. The van der Waals surface area contributed by atoms with E-state index in [4.69, 9.17) is 9.47 Å². The summed E-state index contributed by atoms with van der Waals surface area (Å²) in [5, 5.41) is 14.5. The van der Waals surface area contributed by atoms with Crippen LogP contribution < -0.4 is 0 Å². The third kappa shape index (κ3) is 7.55. The van der Waals surface area contributed by atoms with Gasteiger partial charge in [0.05, 0.1) is 19.3 Å². The molecule has 0 saturated heterocycles. The Labute approximate surface area is 148 Å². The molecule has 1 heterocycles. The Morgan fingerprint density at radius 2 is 2.00 bits per heavy atom. The molecule has 0 bridgehead atoms. The van der Waals surface area contributed by atoms with Gasteiger partial charge in [-0.3, -0.25) is 4.90 Å². The van der Waals surface area contributed by atoms with Crippen LogP contribution in [0.15, 0.2) is 47.2 Å². The van der Waals surface area contributed by atoms with Crippen molar-refractivity contribution in [2.24, 2.45) is 0 Å². The molecular weight excluding hydrogens is 322 g/mol. The van der Waals surface area contributed by atoms with E-state index in [-0.39, 0.29) is 0 Å². The first-order chi connectivity index (χ1) is 11.8. The molecule has 5 heteroatoms. The molecule has 0 aliphatic rings. The van der Waals surface area contributed by atoms with Gasteiger partial charge >= 0.3 is 0 Å². The Morgan fingerprint density at radius 3 is 2.71 bits per heavy atom. The summed E-state index contributed by atoms with van der Waals surface area (Å²) in [7, 11) is 1.72. The number of aliphatic hydroxyl groups is 1. The molecule has 0 amide bonds. The van der Waals surface area contributed by atoms with Gasteiger partial charge in [-0.15, -0.1) is 0 Å². The number of methoxy groups -OCH3 is 1. The molecule has 2 aromatic rings. The van der Waals surface area contributed by atoms with E-state index < -0.39 is 6.10 Å². The Balaban J connectivity index is 1.74. The largest absolute Gasteiger partial charge is 0.389 e. The molecule has 0 fully saturated rings. The molecule has 1 N–H and O–H groups in total. The van der Waals surface area contributed by atoms with Crippen LogP contribution in [0.4, 0.5) is 0 Å². The van der Waals surface area contributed by atoms with Crippen molar-refractivity contribution in [2.45, 2.75) is 25.7 Å². The zero-order valence-electron chi connectivity index (χ0n) is 14.3. The Bertz CT molecular complexity index is 533. The number of aliphatic hydroxyl groups excluding tert-OH is 1. The molecule has 1 atom stereocenters. The zero-order chi connectivity index (χ0) is 17.0. The first-order valence-electron chi connectivity index (χ1n) is 8.30. The molecule has 24 heavy (non-hydrogen) atoms. The number of hydrogen-bond donors (Lipinski definition) is 1. The van der Waals surface area contributed by atoms with Crippen LogP contribution in [0.25, 0.3) is 0 Å². The summed E-state index contributed by atoms with van der Waals surface area (Å²) in [6.45, 7) is 3.98. The van der Waals surface area contributed by atoms with Crippen LogP contribution in [0.2, 0.25) is 0 Å². The number of hydrogen-bond acceptors (Lipinski definition) is 5. The standard InChI is InChI=1S/C19H27NO3S/c1-22-10-5-9-20(12-18-8-11-24-16-18)13-19(21)15-23-14-17-6-3-2-4-7-17/h2-4,6-8,11,16,19,21H,5,9-10,12-15H2,1H3/t19-/m1/s1. The second-order valence-electron chi connectivity index (χ2n) is 5.87. The van der Waals surface area contributed by atoms with Crippen molar-refractivity contribution < 1.29 is 14.6 Å². The van der Waals surface area contributed by atoms with Crippen molar-refractivity contribution in [3.8, 4) is 0 Å².